The van der Waals surface area contributed by atoms with Crippen molar-refractivity contribution in [3.05, 3.63) is 93.4 Å². The Hall–Kier alpha value is -2.27. The van der Waals surface area contributed by atoms with Gasteiger partial charge in [0.1, 0.15) is 5.76 Å². The maximum atomic E-state index is 12.7. The monoisotopic (exact) mass is 414 g/mol. The molecule has 0 aliphatic carbocycles. The molecule has 4 nitrogen and oxygen atoms in total. The molecule has 1 aromatic heterocycles. The number of hydrogen-bond acceptors (Lipinski definition) is 3. The van der Waals surface area contributed by atoms with Gasteiger partial charge in [0.05, 0.1) is 22.9 Å². The third kappa shape index (κ3) is 4.09. The van der Waals surface area contributed by atoms with Crippen LogP contribution in [-0.2, 0) is 13.0 Å². The van der Waals surface area contributed by atoms with E-state index in [4.69, 9.17) is 27.6 Å². The maximum absolute atomic E-state index is 12.7. The zero-order valence-corrected chi connectivity index (χ0v) is 16.7. The zero-order chi connectivity index (χ0) is 19.5. The van der Waals surface area contributed by atoms with Gasteiger partial charge in [-0.3, -0.25) is 9.69 Å². The molecule has 1 amide bonds. The summed E-state index contributed by atoms with van der Waals surface area (Å²) < 4.78 is 5.68. The second-order valence-electron chi connectivity index (χ2n) is 6.85. The van der Waals surface area contributed by atoms with Gasteiger partial charge in [-0.15, -0.1) is 0 Å². The fourth-order valence-corrected chi connectivity index (χ4v) is 4.01. The van der Waals surface area contributed by atoms with Crippen molar-refractivity contribution in [3.63, 3.8) is 0 Å². The summed E-state index contributed by atoms with van der Waals surface area (Å²) in [5.41, 5.74) is 3.07. The van der Waals surface area contributed by atoms with Crippen molar-refractivity contribution in [1.29, 1.82) is 0 Å². The van der Waals surface area contributed by atoms with Crippen LogP contribution in [0.2, 0.25) is 10.0 Å². The molecule has 144 valence electrons. The van der Waals surface area contributed by atoms with Crippen LogP contribution in [0.4, 0.5) is 0 Å². The molecule has 2 aromatic carbocycles. The first-order valence-electron chi connectivity index (χ1n) is 9.19. The van der Waals surface area contributed by atoms with Gasteiger partial charge in [-0.25, -0.2) is 0 Å². The number of nitrogens with one attached hydrogen (secondary N) is 1. The predicted molar refractivity (Wildman–Crippen MR) is 111 cm³/mol. The van der Waals surface area contributed by atoms with Gasteiger partial charge < -0.3 is 9.73 Å². The molecule has 1 aliphatic heterocycles. The van der Waals surface area contributed by atoms with Crippen molar-refractivity contribution in [1.82, 2.24) is 10.2 Å². The van der Waals surface area contributed by atoms with Gasteiger partial charge in [0.25, 0.3) is 5.91 Å². The molecule has 0 saturated carbocycles. The van der Waals surface area contributed by atoms with Gasteiger partial charge in [0, 0.05) is 24.7 Å². The second kappa shape index (κ2) is 8.39. The number of benzene rings is 2. The van der Waals surface area contributed by atoms with Crippen LogP contribution in [0.1, 0.15) is 33.3 Å². The van der Waals surface area contributed by atoms with E-state index in [1.54, 1.807) is 24.5 Å². The van der Waals surface area contributed by atoms with Gasteiger partial charge in [0.15, 0.2) is 0 Å². The number of hydrogen-bond donors (Lipinski definition) is 1. The lowest BCUT2D eigenvalue weighted by Crippen LogP contribution is -2.40. The van der Waals surface area contributed by atoms with E-state index in [0.717, 1.165) is 25.3 Å². The van der Waals surface area contributed by atoms with Crippen LogP contribution < -0.4 is 5.32 Å². The molecule has 0 saturated heterocycles. The molecule has 1 aliphatic rings. The molecule has 0 fully saturated rings. The SMILES string of the molecule is O=C(NC[C@H](c1ccco1)N1CCc2ccccc2C1)c1cc(Cl)ccc1Cl. The zero-order valence-electron chi connectivity index (χ0n) is 15.2. The van der Waals surface area contributed by atoms with Crippen LogP contribution in [0.5, 0.6) is 0 Å². The smallest absolute Gasteiger partial charge is 0.252 e. The number of amides is 1. The Morgan fingerprint density at radius 1 is 1.11 bits per heavy atom. The molecule has 6 heteroatoms. The Kier molecular flexibility index (Phi) is 5.72. The van der Waals surface area contributed by atoms with E-state index in [1.807, 2.05) is 12.1 Å². The summed E-state index contributed by atoms with van der Waals surface area (Å²) in [6.45, 7) is 2.13. The van der Waals surface area contributed by atoms with E-state index < -0.39 is 0 Å². The third-order valence-electron chi connectivity index (χ3n) is 5.10. The molecule has 2 heterocycles. The number of nitrogens with zero attached hydrogens (tertiary/aromatic N) is 1. The molecule has 0 radical (unpaired) electrons. The van der Waals surface area contributed by atoms with Crippen molar-refractivity contribution in [2.75, 3.05) is 13.1 Å². The Morgan fingerprint density at radius 2 is 1.93 bits per heavy atom. The van der Waals surface area contributed by atoms with Gasteiger partial charge >= 0.3 is 0 Å². The van der Waals surface area contributed by atoms with Crippen LogP contribution in [0.3, 0.4) is 0 Å². The molecule has 0 bridgehead atoms. The highest BCUT2D eigenvalue weighted by Gasteiger charge is 2.27. The molecule has 3 aromatic rings. The second-order valence-corrected chi connectivity index (χ2v) is 7.70. The summed E-state index contributed by atoms with van der Waals surface area (Å²) in [7, 11) is 0. The van der Waals surface area contributed by atoms with Crippen LogP contribution in [0, 0.1) is 0 Å². The largest absolute Gasteiger partial charge is 0.468 e. The van der Waals surface area contributed by atoms with Crippen molar-refractivity contribution in [2.24, 2.45) is 0 Å². The number of fused-ring (bicyclic) bond motifs is 1. The Labute approximate surface area is 174 Å². The van der Waals surface area contributed by atoms with E-state index in [0.29, 0.717) is 22.2 Å². The van der Waals surface area contributed by atoms with Crippen molar-refractivity contribution in [3.8, 4) is 0 Å². The highest BCUT2D eigenvalue weighted by Crippen LogP contribution is 2.28. The Morgan fingerprint density at radius 3 is 2.71 bits per heavy atom. The van der Waals surface area contributed by atoms with E-state index >= 15 is 0 Å². The van der Waals surface area contributed by atoms with Crippen molar-refractivity contribution >= 4 is 29.1 Å². The lowest BCUT2D eigenvalue weighted by atomic mass is 9.98. The summed E-state index contributed by atoms with van der Waals surface area (Å²) in [5.74, 6) is 0.582. The topological polar surface area (TPSA) is 45.5 Å². The number of carbonyl (C=O) groups excluding carboxylic acids is 1. The standard InChI is InChI=1S/C22H20Cl2N2O2/c23-17-7-8-19(24)18(12-17)22(27)25-13-20(21-6-3-11-28-21)26-10-9-15-4-1-2-5-16(15)14-26/h1-8,11-12,20H,9-10,13-14H2,(H,25,27)/t20-/m1/s1. The lowest BCUT2D eigenvalue weighted by Gasteiger charge is -2.34. The average Bonchev–Trinajstić information content (AvgIpc) is 3.24. The van der Waals surface area contributed by atoms with E-state index in [-0.39, 0.29) is 11.9 Å². The summed E-state index contributed by atoms with van der Waals surface area (Å²) in [4.78, 5) is 15.0. The molecule has 0 unspecified atom stereocenters. The first-order chi connectivity index (χ1) is 13.6. The summed E-state index contributed by atoms with van der Waals surface area (Å²) >= 11 is 12.2. The fraction of sp³-hybridized carbons (Fsp3) is 0.227. The maximum Gasteiger partial charge on any atom is 0.252 e. The quantitative estimate of drug-likeness (QED) is 0.630. The molecule has 28 heavy (non-hydrogen) atoms. The van der Waals surface area contributed by atoms with E-state index in [2.05, 4.69) is 34.5 Å². The normalized spacial score (nSPS) is 15.1. The van der Waals surface area contributed by atoms with E-state index in [1.165, 1.54) is 11.1 Å². The van der Waals surface area contributed by atoms with Crippen LogP contribution >= 0.6 is 23.2 Å². The number of rotatable bonds is 5. The minimum Gasteiger partial charge on any atom is -0.468 e. The number of carbonyl (C=O) groups is 1. The third-order valence-corrected chi connectivity index (χ3v) is 5.67. The van der Waals surface area contributed by atoms with Crippen LogP contribution in [-0.4, -0.2) is 23.9 Å². The minimum atomic E-state index is -0.249. The molecule has 4 rings (SSSR count). The fourth-order valence-electron chi connectivity index (χ4n) is 3.63. The van der Waals surface area contributed by atoms with Gasteiger partial charge in [-0.2, -0.15) is 0 Å². The predicted octanol–water partition coefficient (Wildman–Crippen LogP) is 5.12. The van der Waals surface area contributed by atoms with Crippen LogP contribution in [0.25, 0.3) is 0 Å². The van der Waals surface area contributed by atoms with Gasteiger partial charge in [-0.05, 0) is 47.9 Å². The van der Waals surface area contributed by atoms with Crippen molar-refractivity contribution < 1.29 is 9.21 Å². The molecule has 1 N–H and O–H groups in total. The first-order valence-corrected chi connectivity index (χ1v) is 9.95. The lowest BCUT2D eigenvalue weighted by molar-refractivity contribution is 0.0919. The first kappa shape index (κ1) is 19.1. The van der Waals surface area contributed by atoms with Gasteiger partial charge in [0.2, 0.25) is 0 Å². The summed E-state index contributed by atoms with van der Waals surface area (Å²) in [6, 6.07) is 17.1. The number of furan rings is 1. The number of halogens is 2. The molecule has 1 atom stereocenters. The Balaban J connectivity index is 1.52. The Bertz CT molecular complexity index is 972. The van der Waals surface area contributed by atoms with Crippen molar-refractivity contribution in [2.45, 2.75) is 19.0 Å². The molecular formula is C22H20Cl2N2O2. The summed E-state index contributed by atoms with van der Waals surface area (Å²) in [6.07, 6.45) is 2.64. The highest BCUT2D eigenvalue weighted by atomic mass is 35.5. The minimum absolute atomic E-state index is 0.0646. The van der Waals surface area contributed by atoms with Gasteiger partial charge in [-0.1, -0.05) is 47.5 Å². The average molecular weight is 415 g/mol. The molecular weight excluding hydrogens is 395 g/mol. The highest BCUT2D eigenvalue weighted by molar-refractivity contribution is 6.35. The molecule has 0 spiro atoms. The van der Waals surface area contributed by atoms with E-state index in [9.17, 15) is 4.79 Å². The van der Waals surface area contributed by atoms with Crippen LogP contribution in [0.15, 0.2) is 65.3 Å². The summed E-state index contributed by atoms with van der Waals surface area (Å²) in [5, 5.41) is 3.85.